The molecule has 138 valence electrons. The van der Waals surface area contributed by atoms with E-state index in [2.05, 4.69) is 14.8 Å². The molecule has 6 nitrogen and oxygen atoms in total. The Morgan fingerprint density at radius 2 is 2.08 bits per heavy atom. The molecular weight excluding hydrogens is 376 g/mol. The molecule has 0 aromatic heterocycles. The van der Waals surface area contributed by atoms with Gasteiger partial charge in [0.05, 0.1) is 17.6 Å². The third-order valence-electron chi connectivity index (χ3n) is 4.33. The smallest absolute Gasteiger partial charge is 0.339 e. The molecule has 0 spiro atoms. The fraction of sp³-hybridized carbons (Fsp3) is 0.278. The van der Waals surface area contributed by atoms with Crippen molar-refractivity contribution < 1.29 is 17.9 Å². The van der Waals surface area contributed by atoms with Crippen LogP contribution in [0.4, 0.5) is 0 Å². The molecule has 0 bridgehead atoms. The van der Waals surface area contributed by atoms with Crippen molar-refractivity contribution in [3.05, 3.63) is 64.2 Å². The van der Waals surface area contributed by atoms with Gasteiger partial charge in [0.2, 0.25) is 10.0 Å². The molecule has 8 heteroatoms. The quantitative estimate of drug-likeness (QED) is 0.760. The summed E-state index contributed by atoms with van der Waals surface area (Å²) in [5, 5.41) is 3.54. The monoisotopic (exact) mass is 394 g/mol. The summed E-state index contributed by atoms with van der Waals surface area (Å²) in [6.45, 7) is 0.931. The molecule has 1 unspecified atom stereocenters. The highest BCUT2D eigenvalue weighted by atomic mass is 35.5. The molecule has 0 saturated carbocycles. The lowest BCUT2D eigenvalue weighted by Crippen LogP contribution is -2.39. The van der Waals surface area contributed by atoms with Gasteiger partial charge in [0.25, 0.3) is 0 Å². The summed E-state index contributed by atoms with van der Waals surface area (Å²) < 4.78 is 32.8. The van der Waals surface area contributed by atoms with E-state index in [9.17, 15) is 13.2 Å². The topological polar surface area (TPSA) is 84.5 Å². The van der Waals surface area contributed by atoms with Gasteiger partial charge in [0.15, 0.2) is 0 Å². The van der Waals surface area contributed by atoms with E-state index in [4.69, 9.17) is 11.6 Å². The third-order valence-corrected chi connectivity index (χ3v) is 6.03. The maximum Gasteiger partial charge on any atom is 0.339 e. The number of carbonyl (C=O) groups is 1. The summed E-state index contributed by atoms with van der Waals surface area (Å²) in [6, 6.07) is 11.8. The van der Waals surface area contributed by atoms with E-state index in [0.29, 0.717) is 0 Å². The molecule has 2 N–H and O–H groups in total. The van der Waals surface area contributed by atoms with Crippen molar-refractivity contribution in [2.75, 3.05) is 20.2 Å². The van der Waals surface area contributed by atoms with Crippen LogP contribution in [0.15, 0.2) is 47.4 Å². The van der Waals surface area contributed by atoms with Gasteiger partial charge in [-0.1, -0.05) is 35.9 Å². The highest BCUT2D eigenvalue weighted by molar-refractivity contribution is 7.89. The molecule has 2 aromatic carbocycles. The number of hydrogen-bond donors (Lipinski definition) is 2. The lowest BCUT2D eigenvalue weighted by molar-refractivity contribution is 0.0596. The van der Waals surface area contributed by atoms with Gasteiger partial charge in [-0.15, -0.1) is 0 Å². The van der Waals surface area contributed by atoms with E-state index in [1.54, 1.807) is 0 Å². The molecule has 0 saturated heterocycles. The second kappa shape index (κ2) is 7.75. The fourth-order valence-electron chi connectivity index (χ4n) is 3.04. The minimum absolute atomic E-state index is 0.0543. The minimum atomic E-state index is -3.95. The van der Waals surface area contributed by atoms with E-state index in [-0.39, 0.29) is 28.1 Å². The number of benzene rings is 2. The van der Waals surface area contributed by atoms with Crippen LogP contribution in [-0.4, -0.2) is 34.6 Å². The van der Waals surface area contributed by atoms with Gasteiger partial charge >= 0.3 is 5.97 Å². The van der Waals surface area contributed by atoms with E-state index >= 15 is 0 Å². The molecule has 1 aliphatic rings. The maximum atomic E-state index is 12.8. The zero-order valence-electron chi connectivity index (χ0n) is 14.2. The van der Waals surface area contributed by atoms with Gasteiger partial charge in [0.1, 0.15) is 0 Å². The van der Waals surface area contributed by atoms with Crippen LogP contribution in [0, 0.1) is 0 Å². The Hall–Kier alpha value is -1.93. The molecule has 1 atom stereocenters. The lowest BCUT2D eigenvalue weighted by Gasteiger charge is -2.27. The zero-order valence-corrected chi connectivity index (χ0v) is 15.7. The summed E-state index contributed by atoms with van der Waals surface area (Å²) in [7, 11) is -2.75. The number of fused-ring (bicyclic) bond motifs is 1. The molecule has 0 aliphatic carbocycles. The summed E-state index contributed by atoms with van der Waals surface area (Å²) in [6.07, 6.45) is 0.903. The number of halogens is 1. The van der Waals surface area contributed by atoms with Crippen LogP contribution < -0.4 is 10.0 Å². The number of hydrogen-bond acceptors (Lipinski definition) is 5. The number of sulfonamides is 1. The van der Waals surface area contributed by atoms with E-state index in [1.165, 1.54) is 30.9 Å². The summed E-state index contributed by atoms with van der Waals surface area (Å²) in [5.74, 6) is -0.733. The van der Waals surface area contributed by atoms with Crippen molar-refractivity contribution in [2.24, 2.45) is 0 Å². The Bertz CT molecular complexity index is 931. The van der Waals surface area contributed by atoms with Crippen molar-refractivity contribution in [2.45, 2.75) is 17.4 Å². The van der Waals surface area contributed by atoms with Gasteiger partial charge in [-0.25, -0.2) is 17.9 Å². The van der Waals surface area contributed by atoms with Crippen LogP contribution in [-0.2, 0) is 21.2 Å². The van der Waals surface area contributed by atoms with E-state index in [1.807, 2.05) is 24.3 Å². The van der Waals surface area contributed by atoms with Crippen LogP contribution in [0.25, 0.3) is 0 Å². The second-order valence-corrected chi connectivity index (χ2v) is 8.11. The van der Waals surface area contributed by atoms with E-state index in [0.717, 1.165) is 18.5 Å². The number of esters is 1. The van der Waals surface area contributed by atoms with Crippen LogP contribution in [0.2, 0.25) is 5.02 Å². The standard InChI is InChI=1S/C18H19ClN2O4S/c1-25-18(22)15-7-6-13(19)10-17(15)26(23,24)21-11-16-14-5-3-2-4-12(14)8-9-20-16/h2-7,10,16,20-21H,8-9,11H2,1H3. The van der Waals surface area contributed by atoms with Crippen molar-refractivity contribution in [3.63, 3.8) is 0 Å². The Kier molecular flexibility index (Phi) is 5.62. The average molecular weight is 395 g/mol. The zero-order chi connectivity index (χ0) is 18.7. The first-order valence-corrected chi connectivity index (χ1v) is 9.97. The number of rotatable bonds is 5. The van der Waals surface area contributed by atoms with Crippen LogP contribution in [0.5, 0.6) is 0 Å². The Morgan fingerprint density at radius 1 is 1.31 bits per heavy atom. The first-order valence-electron chi connectivity index (χ1n) is 8.11. The largest absolute Gasteiger partial charge is 0.465 e. The van der Waals surface area contributed by atoms with Crippen LogP contribution in [0.3, 0.4) is 0 Å². The molecule has 0 radical (unpaired) electrons. The van der Waals surface area contributed by atoms with Gasteiger partial charge < -0.3 is 10.1 Å². The molecule has 1 aliphatic heterocycles. The van der Waals surface area contributed by atoms with Crippen molar-refractivity contribution in [3.8, 4) is 0 Å². The molecule has 2 aromatic rings. The van der Waals surface area contributed by atoms with Crippen molar-refractivity contribution in [1.29, 1.82) is 0 Å². The molecule has 0 fully saturated rings. The highest BCUT2D eigenvalue weighted by Gasteiger charge is 2.26. The predicted octanol–water partition coefficient (Wildman–Crippen LogP) is 2.29. The molecule has 3 rings (SSSR count). The molecular formula is C18H19ClN2O4S. The van der Waals surface area contributed by atoms with Gasteiger partial charge in [-0.3, -0.25) is 0 Å². The number of carbonyl (C=O) groups excluding carboxylic acids is 1. The second-order valence-electron chi connectivity index (χ2n) is 5.94. The van der Waals surface area contributed by atoms with Crippen molar-refractivity contribution >= 4 is 27.6 Å². The third kappa shape index (κ3) is 3.91. The Morgan fingerprint density at radius 3 is 2.85 bits per heavy atom. The summed E-state index contributed by atoms with van der Waals surface area (Å²) in [4.78, 5) is 11.7. The first kappa shape index (κ1) is 18.8. The highest BCUT2D eigenvalue weighted by Crippen LogP contribution is 2.24. The number of methoxy groups -OCH3 is 1. The van der Waals surface area contributed by atoms with Gasteiger partial charge in [-0.2, -0.15) is 0 Å². The lowest BCUT2D eigenvalue weighted by atomic mass is 9.95. The molecule has 0 amide bonds. The van der Waals surface area contributed by atoms with E-state index < -0.39 is 16.0 Å². The predicted molar refractivity (Wildman–Crippen MR) is 98.9 cm³/mol. The fourth-order valence-corrected chi connectivity index (χ4v) is 4.54. The summed E-state index contributed by atoms with van der Waals surface area (Å²) >= 11 is 5.93. The average Bonchev–Trinajstić information content (AvgIpc) is 2.65. The van der Waals surface area contributed by atoms with Crippen molar-refractivity contribution in [1.82, 2.24) is 10.0 Å². The van der Waals surface area contributed by atoms with Gasteiger partial charge in [0, 0.05) is 17.6 Å². The SMILES string of the molecule is COC(=O)c1ccc(Cl)cc1S(=O)(=O)NCC1NCCc2ccccc21. The normalized spacial score (nSPS) is 16.8. The Balaban J connectivity index is 1.85. The van der Waals surface area contributed by atoms with Gasteiger partial charge in [-0.05, 0) is 42.3 Å². The summed E-state index contributed by atoms with van der Waals surface area (Å²) in [5.41, 5.74) is 2.22. The molecule has 26 heavy (non-hydrogen) atoms. The maximum absolute atomic E-state index is 12.8. The molecule has 1 heterocycles. The first-order chi connectivity index (χ1) is 12.4. The number of ether oxygens (including phenoxy) is 1. The minimum Gasteiger partial charge on any atom is -0.465 e. The Labute approximate surface area is 157 Å². The number of nitrogens with one attached hydrogen (secondary N) is 2. The van der Waals surface area contributed by atoms with Crippen LogP contribution in [0.1, 0.15) is 27.5 Å². The van der Waals surface area contributed by atoms with Crippen LogP contribution >= 0.6 is 11.6 Å².